The molecule has 0 spiro atoms. The van der Waals surface area contributed by atoms with Crippen LogP contribution in [0.1, 0.15) is 56.6 Å². The van der Waals surface area contributed by atoms with Crippen LogP contribution in [0.25, 0.3) is 0 Å². The van der Waals surface area contributed by atoms with Gasteiger partial charge in [-0.3, -0.25) is 0 Å². The molecule has 1 N–H and O–H groups in total. The Hall–Kier alpha value is -0.870. The molecule has 0 bridgehead atoms. The highest BCUT2D eigenvalue weighted by molar-refractivity contribution is 5.10. The number of aryl methyl sites for hydroxylation is 1. The molecule has 1 saturated heterocycles. The molecule has 2 aliphatic heterocycles. The number of piperidine rings is 1. The summed E-state index contributed by atoms with van der Waals surface area (Å²) in [5.74, 6) is 1.18. The van der Waals surface area contributed by atoms with Crippen LogP contribution in [0.15, 0.2) is 6.20 Å². The Bertz CT molecular complexity index is 443. The molecule has 4 heteroatoms. The lowest BCUT2D eigenvalue weighted by molar-refractivity contribution is 0.154. The zero-order chi connectivity index (χ0) is 13.9. The quantitative estimate of drug-likeness (QED) is 0.917. The first-order valence-electron chi connectivity index (χ1n) is 8.23. The third kappa shape index (κ3) is 2.77. The van der Waals surface area contributed by atoms with Crippen molar-refractivity contribution in [3.05, 3.63) is 17.7 Å². The first-order chi connectivity index (χ1) is 9.81. The molecule has 0 saturated carbocycles. The van der Waals surface area contributed by atoms with Gasteiger partial charge in [-0.25, -0.2) is 4.98 Å². The molecule has 1 fully saturated rings. The monoisotopic (exact) mass is 277 g/mol. The minimum atomic E-state index is 0.243. The Morgan fingerprint density at radius 2 is 2.10 bits per heavy atom. The second-order valence-corrected chi connectivity index (χ2v) is 6.27. The van der Waals surface area contributed by atoms with E-state index >= 15 is 0 Å². The van der Waals surface area contributed by atoms with Crippen LogP contribution in [0.2, 0.25) is 0 Å². The number of hydrogen-bond acceptors (Lipinski definition) is 3. The van der Waals surface area contributed by atoms with E-state index in [2.05, 4.69) is 22.6 Å². The molecule has 20 heavy (non-hydrogen) atoms. The molecule has 1 aromatic heterocycles. The summed E-state index contributed by atoms with van der Waals surface area (Å²) in [6.45, 7) is 4.90. The Morgan fingerprint density at radius 3 is 2.90 bits per heavy atom. The first kappa shape index (κ1) is 14.1. The summed E-state index contributed by atoms with van der Waals surface area (Å²) < 4.78 is 2.23. The second kappa shape index (κ2) is 6.27. The largest absolute Gasteiger partial charge is 0.394 e. The molecule has 3 heterocycles. The van der Waals surface area contributed by atoms with Gasteiger partial charge in [0.1, 0.15) is 5.82 Å². The van der Waals surface area contributed by atoms with E-state index in [1.54, 1.807) is 0 Å². The summed E-state index contributed by atoms with van der Waals surface area (Å²) >= 11 is 0. The lowest BCUT2D eigenvalue weighted by Gasteiger charge is -2.34. The summed E-state index contributed by atoms with van der Waals surface area (Å²) in [6.07, 6.45) is 10.6. The van der Waals surface area contributed by atoms with Crippen molar-refractivity contribution >= 4 is 0 Å². The van der Waals surface area contributed by atoms with Crippen molar-refractivity contribution in [3.63, 3.8) is 0 Å². The van der Waals surface area contributed by atoms with Crippen molar-refractivity contribution in [2.75, 3.05) is 19.7 Å². The number of imidazole rings is 1. The van der Waals surface area contributed by atoms with Crippen molar-refractivity contribution in [2.24, 2.45) is 0 Å². The topological polar surface area (TPSA) is 41.3 Å². The van der Waals surface area contributed by atoms with Crippen molar-refractivity contribution in [2.45, 2.75) is 64.0 Å². The van der Waals surface area contributed by atoms with E-state index in [0.717, 1.165) is 32.2 Å². The van der Waals surface area contributed by atoms with Gasteiger partial charge in [0.2, 0.25) is 0 Å². The molecule has 1 aromatic rings. The molecule has 112 valence electrons. The van der Waals surface area contributed by atoms with Crippen LogP contribution in [0.5, 0.6) is 0 Å². The average Bonchev–Trinajstić information content (AvgIpc) is 2.90. The minimum absolute atomic E-state index is 0.243. The van der Waals surface area contributed by atoms with E-state index in [-0.39, 0.29) is 12.6 Å². The fourth-order valence-corrected chi connectivity index (χ4v) is 3.85. The summed E-state index contributed by atoms with van der Waals surface area (Å²) in [5.41, 5.74) is 1.23. The second-order valence-electron chi connectivity index (χ2n) is 6.27. The number of likely N-dealkylation sites (N-methyl/N-ethyl adjacent to an activating group) is 1. The van der Waals surface area contributed by atoms with Gasteiger partial charge in [-0.15, -0.1) is 0 Å². The van der Waals surface area contributed by atoms with Crippen LogP contribution >= 0.6 is 0 Å². The van der Waals surface area contributed by atoms with Gasteiger partial charge in [0, 0.05) is 25.1 Å². The predicted molar refractivity (Wildman–Crippen MR) is 79.9 cm³/mol. The molecule has 2 atom stereocenters. The normalized spacial score (nSPS) is 27.5. The van der Waals surface area contributed by atoms with Crippen molar-refractivity contribution in [1.29, 1.82) is 0 Å². The third-order valence-corrected chi connectivity index (χ3v) is 5.00. The SMILES string of the molecule is CCN1CCCCC1Cc1cn2c(n1)CCCC2CO. The molecule has 0 aromatic carbocycles. The summed E-state index contributed by atoms with van der Waals surface area (Å²) in [5, 5.41) is 9.49. The first-order valence-corrected chi connectivity index (χ1v) is 8.23. The van der Waals surface area contributed by atoms with Gasteiger partial charge in [-0.1, -0.05) is 13.3 Å². The van der Waals surface area contributed by atoms with Crippen LogP contribution in [0.4, 0.5) is 0 Å². The number of likely N-dealkylation sites (tertiary alicyclic amines) is 1. The lowest BCUT2D eigenvalue weighted by atomic mass is 9.98. The van der Waals surface area contributed by atoms with E-state index in [4.69, 9.17) is 4.98 Å². The van der Waals surface area contributed by atoms with Crippen LogP contribution < -0.4 is 0 Å². The fourth-order valence-electron chi connectivity index (χ4n) is 3.85. The van der Waals surface area contributed by atoms with Gasteiger partial charge in [0.25, 0.3) is 0 Å². The van der Waals surface area contributed by atoms with Gasteiger partial charge in [-0.05, 0) is 38.8 Å². The lowest BCUT2D eigenvalue weighted by Crippen LogP contribution is -2.40. The highest BCUT2D eigenvalue weighted by Gasteiger charge is 2.25. The van der Waals surface area contributed by atoms with Crippen molar-refractivity contribution in [3.8, 4) is 0 Å². The Kier molecular flexibility index (Phi) is 4.41. The van der Waals surface area contributed by atoms with Crippen LogP contribution in [-0.4, -0.2) is 45.3 Å². The molecular weight excluding hydrogens is 250 g/mol. The molecule has 3 rings (SSSR count). The van der Waals surface area contributed by atoms with E-state index in [1.807, 2.05) is 0 Å². The summed E-state index contributed by atoms with van der Waals surface area (Å²) in [7, 11) is 0. The number of hydrogen-bond donors (Lipinski definition) is 1. The summed E-state index contributed by atoms with van der Waals surface area (Å²) in [4.78, 5) is 7.44. The van der Waals surface area contributed by atoms with Gasteiger partial charge >= 0.3 is 0 Å². The van der Waals surface area contributed by atoms with Gasteiger partial charge < -0.3 is 14.6 Å². The Balaban J connectivity index is 1.73. The van der Waals surface area contributed by atoms with E-state index in [0.29, 0.717) is 6.04 Å². The maximum atomic E-state index is 9.49. The van der Waals surface area contributed by atoms with Gasteiger partial charge in [-0.2, -0.15) is 0 Å². The molecule has 4 nitrogen and oxygen atoms in total. The number of aliphatic hydroxyl groups is 1. The summed E-state index contributed by atoms with van der Waals surface area (Å²) in [6, 6.07) is 0.923. The highest BCUT2D eigenvalue weighted by atomic mass is 16.3. The molecular formula is C16H27N3O. The number of fused-ring (bicyclic) bond motifs is 1. The molecule has 0 amide bonds. The maximum absolute atomic E-state index is 9.49. The maximum Gasteiger partial charge on any atom is 0.109 e. The molecule has 0 aliphatic carbocycles. The Labute approximate surface area is 121 Å². The molecule has 2 aliphatic rings. The third-order valence-electron chi connectivity index (χ3n) is 5.00. The molecule has 2 unspecified atom stereocenters. The van der Waals surface area contributed by atoms with Crippen molar-refractivity contribution < 1.29 is 5.11 Å². The number of aromatic nitrogens is 2. The van der Waals surface area contributed by atoms with E-state index < -0.39 is 0 Å². The van der Waals surface area contributed by atoms with Gasteiger partial charge in [0.15, 0.2) is 0 Å². The van der Waals surface area contributed by atoms with Crippen LogP contribution in [-0.2, 0) is 12.8 Å². The zero-order valence-corrected chi connectivity index (χ0v) is 12.6. The minimum Gasteiger partial charge on any atom is -0.394 e. The zero-order valence-electron chi connectivity index (χ0n) is 12.6. The smallest absolute Gasteiger partial charge is 0.109 e. The van der Waals surface area contributed by atoms with E-state index in [1.165, 1.54) is 37.3 Å². The predicted octanol–water partition coefficient (Wildman–Crippen LogP) is 2.17. The standard InChI is InChI=1S/C16H27N3O/c1-2-18-9-4-3-6-14(18)10-13-11-19-15(12-20)7-5-8-16(19)17-13/h11,14-15,20H,2-10,12H2,1H3. The van der Waals surface area contributed by atoms with Crippen LogP contribution in [0.3, 0.4) is 0 Å². The van der Waals surface area contributed by atoms with E-state index in [9.17, 15) is 5.11 Å². The average molecular weight is 277 g/mol. The Morgan fingerprint density at radius 1 is 1.25 bits per heavy atom. The van der Waals surface area contributed by atoms with Gasteiger partial charge in [0.05, 0.1) is 18.3 Å². The highest BCUT2D eigenvalue weighted by Crippen LogP contribution is 2.26. The molecule has 0 radical (unpaired) electrons. The number of nitrogens with zero attached hydrogens (tertiary/aromatic N) is 3. The van der Waals surface area contributed by atoms with Crippen LogP contribution in [0, 0.1) is 0 Å². The number of rotatable bonds is 4. The number of aliphatic hydroxyl groups excluding tert-OH is 1. The fraction of sp³-hybridized carbons (Fsp3) is 0.812. The van der Waals surface area contributed by atoms with Crippen molar-refractivity contribution in [1.82, 2.24) is 14.5 Å².